The van der Waals surface area contributed by atoms with E-state index in [9.17, 15) is 5.11 Å². The van der Waals surface area contributed by atoms with E-state index in [1.807, 2.05) is 24.3 Å². The van der Waals surface area contributed by atoms with Crippen molar-refractivity contribution in [1.29, 1.82) is 0 Å². The molecule has 4 heteroatoms. The fourth-order valence-corrected chi connectivity index (χ4v) is 6.70. The van der Waals surface area contributed by atoms with Gasteiger partial charge in [-0.2, -0.15) is 0 Å². The molecule has 3 rings (SSSR count). The number of hydrogen-bond donors (Lipinski definition) is 1. The lowest BCUT2D eigenvalue weighted by Gasteiger charge is -2.28. The van der Waals surface area contributed by atoms with E-state index in [-0.39, 0.29) is 0 Å². The molecule has 0 amide bonds. The second-order valence-electron chi connectivity index (χ2n) is 6.52. The number of rotatable bonds is 8. The van der Waals surface area contributed by atoms with E-state index in [0.29, 0.717) is 0 Å². The standard InChI is InChI=1S/C22H24NOPS/c24-22(21-11-15-23-16-12-21)25(26,17-13-19-7-3-1-4-8-19)18-14-20-9-5-2-6-10-20/h1-12,15-16,22,24H,13-14,17-18H2. The van der Waals surface area contributed by atoms with Crippen LogP contribution in [-0.2, 0) is 24.6 Å². The highest BCUT2D eigenvalue weighted by atomic mass is 32.4. The summed E-state index contributed by atoms with van der Waals surface area (Å²) in [5.74, 6) is -0.576. The first-order valence-corrected chi connectivity index (χ1v) is 12.2. The second kappa shape index (κ2) is 9.23. The molecule has 0 saturated carbocycles. The van der Waals surface area contributed by atoms with E-state index in [1.165, 1.54) is 11.1 Å². The van der Waals surface area contributed by atoms with Crippen LogP contribution >= 0.6 is 6.04 Å². The highest BCUT2D eigenvalue weighted by Gasteiger charge is 2.27. The minimum absolute atomic E-state index is 0.576. The van der Waals surface area contributed by atoms with Gasteiger partial charge in [-0.1, -0.05) is 72.5 Å². The number of aromatic nitrogens is 1. The van der Waals surface area contributed by atoms with Crippen LogP contribution in [0.3, 0.4) is 0 Å². The zero-order valence-corrected chi connectivity index (χ0v) is 16.4. The molecule has 2 nitrogen and oxygen atoms in total. The number of pyridine rings is 1. The van der Waals surface area contributed by atoms with Crippen molar-refractivity contribution in [2.75, 3.05) is 12.3 Å². The first kappa shape index (κ1) is 19.0. The predicted molar refractivity (Wildman–Crippen MR) is 114 cm³/mol. The third kappa shape index (κ3) is 5.11. The maximum absolute atomic E-state index is 11.1. The summed E-state index contributed by atoms with van der Waals surface area (Å²) in [5, 5.41) is 11.1. The summed E-state index contributed by atoms with van der Waals surface area (Å²) in [7, 11) is 0. The molecule has 1 atom stereocenters. The van der Waals surface area contributed by atoms with Gasteiger partial charge in [-0.05, 0) is 60.0 Å². The summed E-state index contributed by atoms with van der Waals surface area (Å²) < 4.78 is 0. The normalized spacial score (nSPS) is 12.7. The number of aliphatic hydroxyl groups is 1. The third-order valence-electron chi connectivity index (χ3n) is 4.69. The number of aryl methyl sites for hydroxylation is 2. The smallest absolute Gasteiger partial charge is 0.107 e. The number of benzene rings is 2. The molecule has 0 aliphatic carbocycles. The quantitative estimate of drug-likeness (QED) is 0.555. The summed E-state index contributed by atoms with van der Waals surface area (Å²) in [6.07, 6.45) is 7.01. The van der Waals surface area contributed by atoms with Crippen LogP contribution in [0.15, 0.2) is 85.2 Å². The number of hydrogen-bond acceptors (Lipinski definition) is 3. The van der Waals surface area contributed by atoms with E-state index in [2.05, 4.69) is 53.5 Å². The average molecular weight is 381 g/mol. The first-order chi connectivity index (χ1) is 12.7. The number of aliphatic hydroxyl groups excluding tert-OH is 1. The van der Waals surface area contributed by atoms with Gasteiger partial charge in [-0.3, -0.25) is 4.98 Å². The molecule has 0 radical (unpaired) electrons. The SMILES string of the molecule is OC(c1ccncc1)P(=S)(CCc1ccccc1)CCc1ccccc1. The van der Waals surface area contributed by atoms with Gasteiger partial charge in [0.05, 0.1) is 0 Å². The largest absolute Gasteiger partial charge is 0.383 e. The van der Waals surface area contributed by atoms with Gasteiger partial charge in [0, 0.05) is 12.4 Å². The Bertz CT molecular complexity index is 792. The van der Waals surface area contributed by atoms with Crippen molar-refractivity contribution in [3.63, 3.8) is 0 Å². The minimum Gasteiger partial charge on any atom is -0.383 e. The van der Waals surface area contributed by atoms with E-state index in [0.717, 1.165) is 30.7 Å². The van der Waals surface area contributed by atoms with Gasteiger partial charge in [0.15, 0.2) is 0 Å². The minimum atomic E-state index is -2.00. The summed E-state index contributed by atoms with van der Waals surface area (Å²) in [6.45, 7) is 0. The molecule has 1 N–H and O–H groups in total. The van der Waals surface area contributed by atoms with Crippen LogP contribution in [0.5, 0.6) is 0 Å². The van der Waals surface area contributed by atoms with E-state index in [4.69, 9.17) is 11.8 Å². The van der Waals surface area contributed by atoms with Gasteiger partial charge in [-0.15, -0.1) is 0 Å². The zero-order valence-electron chi connectivity index (χ0n) is 14.7. The maximum Gasteiger partial charge on any atom is 0.107 e. The maximum atomic E-state index is 11.1. The summed E-state index contributed by atoms with van der Waals surface area (Å²) >= 11 is 6.15. The molecular formula is C22H24NOPS. The lowest BCUT2D eigenvalue weighted by Crippen LogP contribution is -2.09. The van der Waals surface area contributed by atoms with Crippen molar-refractivity contribution in [3.05, 3.63) is 102 Å². The van der Waals surface area contributed by atoms with Gasteiger partial charge in [-0.25, -0.2) is 0 Å². The van der Waals surface area contributed by atoms with Crippen molar-refractivity contribution in [2.24, 2.45) is 0 Å². The predicted octanol–water partition coefficient (Wildman–Crippen LogP) is 5.04. The Morgan fingerprint density at radius 1 is 0.769 bits per heavy atom. The Morgan fingerprint density at radius 3 is 1.69 bits per heavy atom. The molecule has 2 aromatic carbocycles. The first-order valence-electron chi connectivity index (χ1n) is 8.91. The molecule has 0 bridgehead atoms. The zero-order chi connectivity index (χ0) is 18.2. The summed E-state index contributed by atoms with van der Waals surface area (Å²) in [4.78, 5) is 4.06. The van der Waals surface area contributed by atoms with Crippen LogP contribution in [-0.4, -0.2) is 22.4 Å². The van der Waals surface area contributed by atoms with Crippen molar-refractivity contribution >= 4 is 17.8 Å². The molecule has 1 unspecified atom stereocenters. The van der Waals surface area contributed by atoms with Crippen LogP contribution in [0.1, 0.15) is 22.5 Å². The molecule has 1 heterocycles. The van der Waals surface area contributed by atoms with Gasteiger partial charge in [0.2, 0.25) is 0 Å². The van der Waals surface area contributed by atoms with Crippen LogP contribution in [0, 0.1) is 0 Å². The molecule has 26 heavy (non-hydrogen) atoms. The third-order valence-corrected chi connectivity index (χ3v) is 9.54. The number of nitrogens with zero attached hydrogens (tertiary/aromatic N) is 1. The molecule has 0 saturated heterocycles. The molecule has 1 aromatic heterocycles. The van der Waals surface area contributed by atoms with Crippen molar-refractivity contribution in [3.8, 4) is 0 Å². The van der Waals surface area contributed by atoms with Crippen molar-refractivity contribution in [1.82, 2.24) is 4.98 Å². The molecule has 134 valence electrons. The van der Waals surface area contributed by atoms with Crippen LogP contribution in [0.25, 0.3) is 0 Å². The monoisotopic (exact) mass is 381 g/mol. The molecule has 0 fully saturated rings. The van der Waals surface area contributed by atoms with Gasteiger partial charge in [0.25, 0.3) is 0 Å². The highest BCUT2D eigenvalue weighted by Crippen LogP contribution is 2.58. The van der Waals surface area contributed by atoms with E-state index in [1.54, 1.807) is 12.4 Å². The Morgan fingerprint density at radius 2 is 1.23 bits per heavy atom. The van der Waals surface area contributed by atoms with Crippen LogP contribution in [0.2, 0.25) is 0 Å². The van der Waals surface area contributed by atoms with Crippen molar-refractivity contribution in [2.45, 2.75) is 18.7 Å². The van der Waals surface area contributed by atoms with Gasteiger partial charge < -0.3 is 5.11 Å². The van der Waals surface area contributed by atoms with E-state index < -0.39 is 11.9 Å². The van der Waals surface area contributed by atoms with Crippen molar-refractivity contribution < 1.29 is 5.11 Å². The fourth-order valence-electron chi connectivity index (χ4n) is 3.09. The topological polar surface area (TPSA) is 33.1 Å². The highest BCUT2D eigenvalue weighted by molar-refractivity contribution is 8.14. The molecule has 3 aromatic rings. The Hall–Kier alpha value is -1.80. The lowest BCUT2D eigenvalue weighted by molar-refractivity contribution is 0.262. The average Bonchev–Trinajstić information content (AvgIpc) is 2.72. The molecule has 0 spiro atoms. The summed E-state index contributed by atoms with van der Waals surface area (Å²) in [6, 6.07) is 22.6. The Balaban J connectivity index is 1.78. The van der Waals surface area contributed by atoms with Gasteiger partial charge in [0.1, 0.15) is 5.85 Å². The fraction of sp³-hybridized carbons (Fsp3) is 0.227. The van der Waals surface area contributed by atoms with Crippen LogP contribution in [0.4, 0.5) is 0 Å². The molecule has 0 aliphatic rings. The summed E-state index contributed by atoms with van der Waals surface area (Å²) in [5.41, 5.74) is 3.45. The van der Waals surface area contributed by atoms with E-state index >= 15 is 0 Å². The Labute approximate surface area is 161 Å². The van der Waals surface area contributed by atoms with Crippen LogP contribution < -0.4 is 0 Å². The molecule has 0 aliphatic heterocycles. The Kier molecular flexibility index (Phi) is 6.73. The lowest BCUT2D eigenvalue weighted by atomic mass is 10.2. The second-order valence-corrected chi connectivity index (χ2v) is 12.0. The van der Waals surface area contributed by atoms with Gasteiger partial charge >= 0.3 is 0 Å². The molecular weight excluding hydrogens is 357 g/mol.